The van der Waals surface area contributed by atoms with Crippen molar-refractivity contribution in [3.05, 3.63) is 53.6 Å². The van der Waals surface area contributed by atoms with Gasteiger partial charge in [0, 0.05) is 12.0 Å². The molecule has 0 aliphatic heterocycles. The van der Waals surface area contributed by atoms with Gasteiger partial charge in [-0.3, -0.25) is 4.79 Å². The van der Waals surface area contributed by atoms with E-state index in [1.54, 1.807) is 19.1 Å². The molecule has 2 rings (SSSR count). The third-order valence-electron chi connectivity index (χ3n) is 3.03. The van der Waals surface area contributed by atoms with Crippen LogP contribution in [0, 0.1) is 0 Å². The van der Waals surface area contributed by atoms with Gasteiger partial charge in [0.1, 0.15) is 17.2 Å². The van der Waals surface area contributed by atoms with Crippen LogP contribution < -0.4 is 0 Å². The number of ketones is 1. The normalized spacial score (nSPS) is 12.1. The molecule has 0 saturated carbocycles. The number of Topliss-reactive ketones (excluding diaryl/α,β-unsaturated/α-hetero) is 1. The Labute approximate surface area is 110 Å². The molecule has 0 bridgehead atoms. The fourth-order valence-electron chi connectivity index (χ4n) is 1.88. The molecule has 98 valence electrons. The zero-order chi connectivity index (χ0) is 14.0. The largest absolute Gasteiger partial charge is 0.508 e. The van der Waals surface area contributed by atoms with Gasteiger partial charge in [0.2, 0.25) is 0 Å². The van der Waals surface area contributed by atoms with Crippen molar-refractivity contribution in [3.8, 4) is 17.2 Å². The summed E-state index contributed by atoms with van der Waals surface area (Å²) in [7, 11) is 0. The van der Waals surface area contributed by atoms with Crippen molar-refractivity contribution in [2.75, 3.05) is 0 Å². The van der Waals surface area contributed by atoms with Gasteiger partial charge in [0.15, 0.2) is 5.78 Å². The molecule has 2 aromatic carbocycles. The van der Waals surface area contributed by atoms with E-state index >= 15 is 0 Å². The summed E-state index contributed by atoms with van der Waals surface area (Å²) in [4.78, 5) is 12.3. The fraction of sp³-hybridized carbons (Fsp3) is 0.133. The summed E-state index contributed by atoms with van der Waals surface area (Å²) in [5.41, 5.74) is 0.911. The van der Waals surface area contributed by atoms with Gasteiger partial charge in [0.05, 0.1) is 5.56 Å². The van der Waals surface area contributed by atoms with E-state index in [-0.39, 0.29) is 28.6 Å². The quantitative estimate of drug-likeness (QED) is 0.586. The lowest BCUT2D eigenvalue weighted by molar-refractivity contribution is 0.0963. The minimum absolute atomic E-state index is 0.0914. The summed E-state index contributed by atoms with van der Waals surface area (Å²) in [6.45, 7) is 1.72. The molecule has 0 heterocycles. The average Bonchev–Trinajstić information content (AvgIpc) is 2.38. The molecule has 0 amide bonds. The maximum Gasteiger partial charge on any atom is 0.173 e. The third kappa shape index (κ3) is 2.68. The molecule has 4 nitrogen and oxygen atoms in total. The van der Waals surface area contributed by atoms with Gasteiger partial charge in [-0.25, -0.2) is 0 Å². The molecular weight excluding hydrogens is 247 g/mol. The SMILES string of the molecule is [13CH3][13CH](c1ccc(O)cc1)[13C](=O)c1ccc(O)cc1O. The molecule has 4 heteroatoms. The first kappa shape index (κ1) is 13.0. The summed E-state index contributed by atoms with van der Waals surface area (Å²) in [6.07, 6.45) is 0. The van der Waals surface area contributed by atoms with E-state index in [1.807, 2.05) is 0 Å². The van der Waals surface area contributed by atoms with Crippen LogP contribution in [0.15, 0.2) is 42.5 Å². The summed E-state index contributed by atoms with van der Waals surface area (Å²) in [6, 6.07) is 10.2. The van der Waals surface area contributed by atoms with Crippen LogP contribution >= 0.6 is 0 Å². The highest BCUT2D eigenvalue weighted by Gasteiger charge is 2.20. The number of hydrogen-bond acceptors (Lipinski definition) is 4. The molecule has 0 fully saturated rings. The third-order valence-corrected chi connectivity index (χ3v) is 3.03. The summed E-state index contributed by atoms with van der Waals surface area (Å²) >= 11 is 0. The highest BCUT2D eigenvalue weighted by molar-refractivity contribution is 6.03. The number of phenols is 3. The van der Waals surface area contributed by atoms with E-state index < -0.39 is 5.92 Å². The number of benzene rings is 2. The zero-order valence-corrected chi connectivity index (χ0v) is 10.4. The van der Waals surface area contributed by atoms with E-state index in [0.717, 1.165) is 11.6 Å². The summed E-state index contributed by atoms with van der Waals surface area (Å²) in [5, 5.41) is 28.1. The van der Waals surface area contributed by atoms with Gasteiger partial charge >= 0.3 is 0 Å². The fourth-order valence-corrected chi connectivity index (χ4v) is 1.88. The van der Waals surface area contributed by atoms with Crippen LogP contribution in [-0.2, 0) is 0 Å². The first-order chi connectivity index (χ1) is 8.99. The van der Waals surface area contributed by atoms with Crippen LogP contribution in [0.1, 0.15) is 28.8 Å². The Morgan fingerprint density at radius 3 is 2.11 bits per heavy atom. The smallest absolute Gasteiger partial charge is 0.173 e. The minimum Gasteiger partial charge on any atom is -0.508 e. The Kier molecular flexibility index (Phi) is 3.42. The van der Waals surface area contributed by atoms with E-state index in [2.05, 4.69) is 0 Å². The van der Waals surface area contributed by atoms with Crippen LogP contribution in [0.25, 0.3) is 0 Å². The first-order valence-electron chi connectivity index (χ1n) is 5.84. The van der Waals surface area contributed by atoms with Crippen molar-refractivity contribution in [2.45, 2.75) is 12.8 Å². The average molecular weight is 261 g/mol. The van der Waals surface area contributed by atoms with Crippen molar-refractivity contribution >= 4 is 5.78 Å². The number of rotatable bonds is 3. The Morgan fingerprint density at radius 1 is 0.947 bits per heavy atom. The van der Waals surface area contributed by atoms with Crippen LogP contribution in [0.3, 0.4) is 0 Å². The van der Waals surface area contributed by atoms with Gasteiger partial charge in [-0.2, -0.15) is 0 Å². The van der Waals surface area contributed by atoms with Gasteiger partial charge in [-0.05, 0) is 29.8 Å². The molecule has 0 spiro atoms. The van der Waals surface area contributed by atoms with Crippen molar-refractivity contribution in [1.82, 2.24) is 0 Å². The summed E-state index contributed by atoms with van der Waals surface area (Å²) in [5.74, 6) is -0.892. The van der Waals surface area contributed by atoms with Gasteiger partial charge in [-0.1, -0.05) is 19.1 Å². The predicted molar refractivity (Wildman–Crippen MR) is 70.6 cm³/mol. The number of carbonyl (C=O) groups is 1. The number of hydrogen-bond donors (Lipinski definition) is 3. The van der Waals surface area contributed by atoms with Crippen molar-refractivity contribution < 1.29 is 20.1 Å². The first-order valence-corrected chi connectivity index (χ1v) is 5.84. The highest BCUT2D eigenvalue weighted by atomic mass is 16.3. The topological polar surface area (TPSA) is 77.8 Å². The van der Waals surface area contributed by atoms with Gasteiger partial charge in [-0.15, -0.1) is 0 Å². The Bertz CT molecular complexity index is 602. The predicted octanol–water partition coefficient (Wildman–Crippen LogP) is 2.79. The monoisotopic (exact) mass is 261 g/mol. The molecule has 0 saturated heterocycles. The molecule has 3 N–H and O–H groups in total. The maximum absolute atomic E-state index is 12.3. The van der Waals surface area contributed by atoms with E-state index in [0.29, 0.717) is 0 Å². The van der Waals surface area contributed by atoms with Crippen molar-refractivity contribution in [2.24, 2.45) is 0 Å². The lowest BCUT2D eigenvalue weighted by Crippen LogP contribution is -2.09. The Morgan fingerprint density at radius 2 is 1.53 bits per heavy atom. The standard InChI is InChI=1S/C15H14O4/c1-9(10-2-4-11(16)5-3-10)15(19)13-7-6-12(17)8-14(13)18/h2-9,16-18H,1H3/i1+1,9+1,15+1. The molecule has 19 heavy (non-hydrogen) atoms. The van der Waals surface area contributed by atoms with Crippen molar-refractivity contribution in [1.29, 1.82) is 0 Å². The van der Waals surface area contributed by atoms with E-state index in [1.165, 1.54) is 24.3 Å². The lowest BCUT2D eigenvalue weighted by Gasteiger charge is -2.12. The number of aromatic hydroxyl groups is 3. The number of carbonyl (C=O) groups excluding carboxylic acids is 1. The molecule has 0 aliphatic rings. The Balaban J connectivity index is 2.30. The lowest BCUT2D eigenvalue weighted by atomic mass is 10.2. The molecular formula is C15H14O4. The molecule has 0 aliphatic carbocycles. The van der Waals surface area contributed by atoms with E-state index in [9.17, 15) is 20.1 Å². The van der Waals surface area contributed by atoms with Crippen LogP contribution in [-0.4, -0.2) is 21.1 Å². The van der Waals surface area contributed by atoms with Crippen molar-refractivity contribution in [3.63, 3.8) is 0 Å². The van der Waals surface area contributed by atoms with Crippen LogP contribution in [0.2, 0.25) is 0 Å². The zero-order valence-electron chi connectivity index (χ0n) is 10.4. The Hall–Kier alpha value is -2.49. The van der Waals surface area contributed by atoms with Gasteiger partial charge in [0.25, 0.3) is 0 Å². The maximum atomic E-state index is 12.3. The second-order valence-corrected chi connectivity index (χ2v) is 4.38. The minimum atomic E-state index is -0.448. The molecule has 0 aromatic heterocycles. The molecule has 1 unspecified atom stereocenters. The molecule has 1 atom stereocenters. The van der Waals surface area contributed by atoms with Crippen LogP contribution in [0.4, 0.5) is 0 Å². The van der Waals surface area contributed by atoms with E-state index in [4.69, 9.17) is 0 Å². The molecule has 2 aromatic rings. The van der Waals surface area contributed by atoms with Gasteiger partial charge < -0.3 is 15.3 Å². The summed E-state index contributed by atoms with van der Waals surface area (Å²) < 4.78 is 0. The number of phenolic OH excluding ortho intramolecular Hbond substituents is 3. The highest BCUT2D eigenvalue weighted by Crippen LogP contribution is 2.29. The second-order valence-electron chi connectivity index (χ2n) is 4.38. The second kappa shape index (κ2) is 5.02. The molecule has 0 radical (unpaired) electrons. The van der Waals surface area contributed by atoms with Crippen LogP contribution in [0.5, 0.6) is 17.2 Å².